The molecule has 0 bridgehead atoms. The molecule has 0 fully saturated rings. The summed E-state index contributed by atoms with van der Waals surface area (Å²) >= 11 is 0. The number of hydrogen-bond donors (Lipinski definition) is 0. The van der Waals surface area contributed by atoms with Crippen molar-refractivity contribution < 1.29 is 9.22 Å². The second-order valence-electron chi connectivity index (χ2n) is 9.83. The first-order valence-electron chi connectivity index (χ1n) is 10.7. The molecular weight excluding hydrogens is 324 g/mol. The van der Waals surface area contributed by atoms with Gasteiger partial charge in [0.25, 0.3) is 5.97 Å². The summed E-state index contributed by atoms with van der Waals surface area (Å²) in [5, 5.41) is 0. The zero-order chi connectivity index (χ0) is 19.5. The molecule has 0 saturated heterocycles. The van der Waals surface area contributed by atoms with Gasteiger partial charge in [0.05, 0.1) is 5.92 Å². The van der Waals surface area contributed by atoms with Gasteiger partial charge in [0.15, 0.2) is 0 Å². The van der Waals surface area contributed by atoms with Gasteiger partial charge in [-0.15, -0.1) is 0 Å². The molecule has 0 rings (SSSR count). The smallest absolute Gasteiger partial charge is 0.295 e. The molecule has 0 saturated carbocycles. The van der Waals surface area contributed by atoms with E-state index in [1.165, 1.54) is 44.9 Å². The molecule has 0 spiro atoms. The quantitative estimate of drug-likeness (QED) is 0.297. The van der Waals surface area contributed by atoms with E-state index in [1.54, 1.807) is 0 Å². The van der Waals surface area contributed by atoms with Gasteiger partial charge in [-0.05, 0) is 43.8 Å². The average Bonchev–Trinajstić information content (AvgIpc) is 2.44. The average molecular weight is 371 g/mol. The van der Waals surface area contributed by atoms with Crippen LogP contribution in [0, 0.1) is 23.7 Å². The van der Waals surface area contributed by atoms with E-state index < -0.39 is 8.32 Å². The zero-order valence-corrected chi connectivity index (χ0v) is 19.5. The van der Waals surface area contributed by atoms with Crippen molar-refractivity contribution in [3.05, 3.63) is 0 Å². The molecule has 25 heavy (non-hydrogen) atoms. The van der Waals surface area contributed by atoms with Crippen molar-refractivity contribution in [3.8, 4) is 0 Å². The van der Waals surface area contributed by atoms with Crippen LogP contribution in [0.5, 0.6) is 0 Å². The van der Waals surface area contributed by atoms with E-state index in [4.69, 9.17) is 4.43 Å². The van der Waals surface area contributed by atoms with Gasteiger partial charge in [0, 0.05) is 0 Å². The van der Waals surface area contributed by atoms with Crippen molar-refractivity contribution in [3.63, 3.8) is 0 Å². The number of hydrogen-bond acceptors (Lipinski definition) is 2. The van der Waals surface area contributed by atoms with Crippen molar-refractivity contribution in [2.24, 2.45) is 23.7 Å². The predicted octanol–water partition coefficient (Wildman–Crippen LogP) is 7.44. The lowest BCUT2D eigenvalue weighted by Gasteiger charge is -2.21. The molecule has 3 heteroatoms. The van der Waals surface area contributed by atoms with Crippen molar-refractivity contribution in [2.75, 3.05) is 0 Å². The van der Waals surface area contributed by atoms with Gasteiger partial charge in [-0.25, -0.2) is 0 Å². The Bertz CT molecular complexity index is 346. The molecular formula is C22H46O2Si. The number of carbonyl (C=O) groups is 1. The van der Waals surface area contributed by atoms with Crippen LogP contribution in [0.4, 0.5) is 0 Å². The molecule has 3 unspecified atom stereocenters. The maximum atomic E-state index is 12.0. The van der Waals surface area contributed by atoms with Gasteiger partial charge < -0.3 is 4.43 Å². The maximum absolute atomic E-state index is 12.0. The van der Waals surface area contributed by atoms with E-state index in [0.29, 0.717) is 0 Å². The Morgan fingerprint density at radius 2 is 1.12 bits per heavy atom. The molecule has 0 aliphatic carbocycles. The van der Waals surface area contributed by atoms with E-state index in [-0.39, 0.29) is 11.9 Å². The summed E-state index contributed by atoms with van der Waals surface area (Å²) in [7, 11) is -1.74. The summed E-state index contributed by atoms with van der Waals surface area (Å²) in [6.45, 7) is 17.7. The first-order chi connectivity index (χ1) is 11.5. The van der Waals surface area contributed by atoms with Crippen LogP contribution in [0.15, 0.2) is 0 Å². The molecule has 0 amide bonds. The molecule has 0 heterocycles. The van der Waals surface area contributed by atoms with E-state index >= 15 is 0 Å². The molecule has 150 valence electrons. The summed E-state index contributed by atoms with van der Waals surface area (Å²) in [6, 6.07) is 0. The minimum absolute atomic E-state index is 0.0158. The highest BCUT2D eigenvalue weighted by Gasteiger charge is 2.23. The zero-order valence-electron chi connectivity index (χ0n) is 18.5. The first-order valence-corrected chi connectivity index (χ1v) is 14.1. The Morgan fingerprint density at radius 1 is 0.720 bits per heavy atom. The molecule has 0 aromatic rings. The molecule has 0 aliphatic heterocycles. The molecule has 0 aromatic heterocycles. The van der Waals surface area contributed by atoms with Crippen LogP contribution in [0.2, 0.25) is 19.6 Å². The van der Waals surface area contributed by atoms with Gasteiger partial charge in [0.2, 0.25) is 8.32 Å². The lowest BCUT2D eigenvalue weighted by atomic mass is 9.91. The third-order valence-electron chi connectivity index (χ3n) is 5.02. The summed E-state index contributed by atoms with van der Waals surface area (Å²) in [5.41, 5.74) is 0. The van der Waals surface area contributed by atoms with Gasteiger partial charge in [-0.3, -0.25) is 4.79 Å². The van der Waals surface area contributed by atoms with Gasteiger partial charge in [-0.1, -0.05) is 86.0 Å². The van der Waals surface area contributed by atoms with Gasteiger partial charge in [0.1, 0.15) is 0 Å². The van der Waals surface area contributed by atoms with Crippen LogP contribution >= 0.6 is 0 Å². The monoisotopic (exact) mass is 370 g/mol. The molecule has 0 radical (unpaired) electrons. The number of carbonyl (C=O) groups excluding carboxylic acids is 1. The van der Waals surface area contributed by atoms with E-state index in [9.17, 15) is 4.79 Å². The molecule has 0 N–H and O–H groups in total. The summed E-state index contributed by atoms with van der Waals surface area (Å²) in [6.07, 6.45) is 11.6. The topological polar surface area (TPSA) is 26.3 Å². The largest absolute Gasteiger partial charge is 0.520 e. The third-order valence-corrected chi connectivity index (χ3v) is 5.83. The highest BCUT2D eigenvalue weighted by Crippen LogP contribution is 2.22. The van der Waals surface area contributed by atoms with Crippen LogP contribution in [0.3, 0.4) is 0 Å². The minimum Gasteiger partial charge on any atom is -0.520 e. The van der Waals surface area contributed by atoms with E-state index in [1.807, 2.05) is 6.92 Å². The Morgan fingerprint density at radius 3 is 1.52 bits per heavy atom. The van der Waals surface area contributed by atoms with Crippen molar-refractivity contribution >= 4 is 14.3 Å². The lowest BCUT2D eigenvalue weighted by Crippen LogP contribution is -2.32. The van der Waals surface area contributed by atoms with E-state index in [2.05, 4.69) is 47.3 Å². The van der Waals surface area contributed by atoms with Gasteiger partial charge >= 0.3 is 0 Å². The Balaban J connectivity index is 3.73. The predicted molar refractivity (Wildman–Crippen MR) is 113 cm³/mol. The SMILES string of the molecule is CC(C)CCCC(C)CCCC(C)CCCC(C)C(=O)O[Si](C)(C)C. The van der Waals surface area contributed by atoms with Crippen LogP contribution in [0.25, 0.3) is 0 Å². The fraction of sp³-hybridized carbons (Fsp3) is 0.955. The van der Waals surface area contributed by atoms with Crippen LogP contribution in [0.1, 0.15) is 92.4 Å². The van der Waals surface area contributed by atoms with Crippen molar-refractivity contribution in [1.82, 2.24) is 0 Å². The van der Waals surface area contributed by atoms with E-state index in [0.717, 1.165) is 30.6 Å². The highest BCUT2D eigenvalue weighted by molar-refractivity contribution is 6.71. The third kappa shape index (κ3) is 15.6. The van der Waals surface area contributed by atoms with Crippen LogP contribution in [-0.2, 0) is 9.22 Å². The Labute approximate surface area is 159 Å². The van der Waals surface area contributed by atoms with Crippen molar-refractivity contribution in [1.29, 1.82) is 0 Å². The molecule has 3 atom stereocenters. The lowest BCUT2D eigenvalue weighted by molar-refractivity contribution is -0.139. The Hall–Kier alpha value is -0.313. The summed E-state index contributed by atoms with van der Waals surface area (Å²) in [4.78, 5) is 12.0. The normalized spacial score (nSPS) is 15.9. The molecule has 0 aromatic carbocycles. The van der Waals surface area contributed by atoms with Crippen molar-refractivity contribution in [2.45, 2.75) is 112 Å². The summed E-state index contributed by atoms with van der Waals surface area (Å²) < 4.78 is 5.60. The molecule has 2 nitrogen and oxygen atoms in total. The number of rotatable bonds is 14. The van der Waals surface area contributed by atoms with Crippen LogP contribution in [-0.4, -0.2) is 14.3 Å². The summed E-state index contributed by atoms with van der Waals surface area (Å²) in [5.74, 6) is 2.57. The fourth-order valence-electron chi connectivity index (χ4n) is 3.27. The maximum Gasteiger partial charge on any atom is 0.295 e. The minimum atomic E-state index is -1.74. The second-order valence-corrected chi connectivity index (χ2v) is 14.3. The highest BCUT2D eigenvalue weighted by atomic mass is 28.4. The van der Waals surface area contributed by atoms with Gasteiger partial charge in [-0.2, -0.15) is 0 Å². The second kappa shape index (κ2) is 12.9. The Kier molecular flexibility index (Phi) is 12.8. The van der Waals surface area contributed by atoms with Crippen LogP contribution < -0.4 is 0 Å². The first kappa shape index (κ1) is 24.7. The fourth-order valence-corrected chi connectivity index (χ4v) is 4.08. The molecule has 0 aliphatic rings. The standard InChI is InChI=1S/C22H46O2Si/c1-18(2)12-9-13-19(3)14-10-15-20(4)16-11-17-21(5)22(23)24-25(6,7)8/h18-21H,9-17H2,1-8H3.